The van der Waals surface area contributed by atoms with Gasteiger partial charge < -0.3 is 9.53 Å². The van der Waals surface area contributed by atoms with E-state index in [0.717, 1.165) is 6.07 Å². The second-order valence-electron chi connectivity index (χ2n) is 4.22. The predicted octanol–water partition coefficient (Wildman–Crippen LogP) is 3.38. The molecule has 0 aromatic heterocycles. The average molecular weight is 274 g/mol. The average Bonchev–Trinajstić information content (AvgIpc) is 2.25. The number of hydrogen-bond donors (Lipinski definition) is 0. The number of ether oxygens (including phenoxy) is 1. The summed E-state index contributed by atoms with van der Waals surface area (Å²) in [5, 5.41) is 0. The maximum absolute atomic E-state index is 12.2. The van der Waals surface area contributed by atoms with Crippen LogP contribution < -0.4 is 4.74 Å². The fourth-order valence-corrected chi connectivity index (χ4v) is 1.67. The summed E-state index contributed by atoms with van der Waals surface area (Å²) in [6, 6.07) is 5.10. The minimum absolute atomic E-state index is 0.0147. The van der Waals surface area contributed by atoms with Gasteiger partial charge in [-0.3, -0.25) is 4.79 Å². The fourth-order valence-electron chi connectivity index (χ4n) is 1.67. The largest absolute Gasteiger partial charge is 0.573 e. The van der Waals surface area contributed by atoms with Crippen molar-refractivity contribution < 1.29 is 27.5 Å². The first-order valence-electron chi connectivity index (χ1n) is 5.59. The minimum atomic E-state index is -4.86. The van der Waals surface area contributed by atoms with Crippen molar-refractivity contribution in [3.63, 3.8) is 0 Å². The summed E-state index contributed by atoms with van der Waals surface area (Å²) >= 11 is 0. The third-order valence-electron chi connectivity index (χ3n) is 2.42. The fraction of sp³-hybridized carbons (Fsp3) is 0.385. The highest BCUT2D eigenvalue weighted by molar-refractivity contribution is 6.01. The van der Waals surface area contributed by atoms with Crippen molar-refractivity contribution in [1.29, 1.82) is 0 Å². The Morgan fingerprint density at radius 2 is 1.84 bits per heavy atom. The molecule has 1 unspecified atom stereocenters. The van der Waals surface area contributed by atoms with E-state index in [2.05, 4.69) is 4.74 Å². The molecule has 1 rings (SSSR count). The smallest absolute Gasteiger partial charge is 0.405 e. The van der Waals surface area contributed by atoms with Crippen LogP contribution in [0, 0.1) is 5.92 Å². The van der Waals surface area contributed by atoms with Gasteiger partial charge in [0.05, 0.1) is 5.56 Å². The van der Waals surface area contributed by atoms with Crippen molar-refractivity contribution in [2.45, 2.75) is 26.6 Å². The Kier molecular flexibility index (Phi) is 4.69. The number of rotatable bonds is 5. The molecule has 19 heavy (non-hydrogen) atoms. The molecule has 0 bridgehead atoms. The van der Waals surface area contributed by atoms with Crippen molar-refractivity contribution in [2.75, 3.05) is 0 Å². The van der Waals surface area contributed by atoms with E-state index in [1.54, 1.807) is 0 Å². The summed E-state index contributed by atoms with van der Waals surface area (Å²) in [5.41, 5.74) is -0.173. The zero-order valence-corrected chi connectivity index (χ0v) is 10.5. The summed E-state index contributed by atoms with van der Waals surface area (Å²) in [4.78, 5) is 22.9. The summed E-state index contributed by atoms with van der Waals surface area (Å²) in [5.74, 6) is -1.98. The maximum Gasteiger partial charge on any atom is 0.573 e. The molecule has 0 aliphatic heterocycles. The Hall–Kier alpha value is -1.85. The lowest BCUT2D eigenvalue weighted by Gasteiger charge is -2.14. The van der Waals surface area contributed by atoms with Crippen LogP contribution in [0.2, 0.25) is 0 Å². The van der Waals surface area contributed by atoms with E-state index in [4.69, 9.17) is 0 Å². The molecule has 104 valence electrons. The van der Waals surface area contributed by atoms with Gasteiger partial charge in [-0.15, -0.1) is 13.2 Å². The Morgan fingerprint density at radius 1 is 1.26 bits per heavy atom. The summed E-state index contributed by atoms with van der Waals surface area (Å²) in [6.45, 7) is 2.82. The van der Waals surface area contributed by atoms with Crippen molar-refractivity contribution in [3.05, 3.63) is 29.8 Å². The highest BCUT2D eigenvalue weighted by atomic mass is 19.4. The van der Waals surface area contributed by atoms with Crippen LogP contribution in [0.15, 0.2) is 24.3 Å². The zero-order chi connectivity index (χ0) is 14.6. The number of ketones is 2. The molecule has 0 saturated carbocycles. The lowest BCUT2D eigenvalue weighted by atomic mass is 9.94. The molecule has 1 atom stereocenters. The number of hydrogen-bond acceptors (Lipinski definition) is 3. The molecule has 0 saturated heterocycles. The second-order valence-corrected chi connectivity index (χ2v) is 4.22. The lowest BCUT2D eigenvalue weighted by molar-refractivity contribution is -0.274. The maximum atomic E-state index is 12.2. The Morgan fingerprint density at radius 3 is 2.37 bits per heavy atom. The van der Waals surface area contributed by atoms with E-state index in [0.29, 0.717) is 0 Å². The quantitative estimate of drug-likeness (QED) is 0.773. The van der Waals surface area contributed by atoms with Crippen LogP contribution in [0.25, 0.3) is 0 Å². The number of benzene rings is 1. The zero-order valence-electron chi connectivity index (χ0n) is 10.5. The van der Waals surface area contributed by atoms with Gasteiger partial charge in [-0.2, -0.15) is 0 Å². The van der Waals surface area contributed by atoms with E-state index in [9.17, 15) is 22.8 Å². The molecule has 0 spiro atoms. The van der Waals surface area contributed by atoms with Crippen LogP contribution in [-0.2, 0) is 4.79 Å². The van der Waals surface area contributed by atoms with Crippen molar-refractivity contribution in [1.82, 2.24) is 0 Å². The molecule has 0 amide bonds. The predicted molar refractivity (Wildman–Crippen MR) is 61.9 cm³/mol. The van der Waals surface area contributed by atoms with Crippen molar-refractivity contribution in [2.24, 2.45) is 5.92 Å². The first-order valence-corrected chi connectivity index (χ1v) is 5.59. The van der Waals surface area contributed by atoms with Gasteiger partial charge >= 0.3 is 6.36 Å². The standard InChI is InChI=1S/C13H13F3O3/c1-8(7-9(2)17)12(18)10-5-3-4-6-11(10)19-13(14,15)16/h3-6,8H,7H2,1-2H3. The number of Topliss-reactive ketones (excluding diaryl/α,β-unsaturated/α-hetero) is 2. The van der Waals surface area contributed by atoms with E-state index in [-0.39, 0.29) is 17.8 Å². The molecule has 0 aliphatic carbocycles. The number of alkyl halides is 3. The molecule has 0 aliphatic rings. The molecule has 0 fully saturated rings. The molecule has 3 nitrogen and oxygen atoms in total. The molecule has 0 N–H and O–H groups in total. The van der Waals surface area contributed by atoms with Gasteiger partial charge in [-0.1, -0.05) is 19.1 Å². The number of carbonyl (C=O) groups excluding carboxylic acids is 2. The van der Waals surface area contributed by atoms with E-state index in [1.165, 1.54) is 32.0 Å². The summed E-state index contributed by atoms with van der Waals surface area (Å²) in [6.07, 6.45) is -4.88. The van der Waals surface area contributed by atoms with Crippen LogP contribution >= 0.6 is 0 Å². The number of carbonyl (C=O) groups is 2. The third kappa shape index (κ3) is 4.73. The Bertz CT molecular complexity index is 480. The topological polar surface area (TPSA) is 43.4 Å². The van der Waals surface area contributed by atoms with Crippen LogP contribution in [-0.4, -0.2) is 17.9 Å². The summed E-state index contributed by atoms with van der Waals surface area (Å²) < 4.78 is 40.4. The molecule has 6 heteroatoms. The van der Waals surface area contributed by atoms with Crippen LogP contribution in [0.3, 0.4) is 0 Å². The van der Waals surface area contributed by atoms with Gasteiger partial charge in [-0.25, -0.2) is 0 Å². The normalized spacial score (nSPS) is 12.9. The van der Waals surface area contributed by atoms with Crippen LogP contribution in [0.1, 0.15) is 30.6 Å². The lowest BCUT2D eigenvalue weighted by Crippen LogP contribution is -2.21. The Balaban J connectivity index is 3.00. The van der Waals surface area contributed by atoms with Gasteiger partial charge in [0.2, 0.25) is 0 Å². The molecular formula is C13H13F3O3. The van der Waals surface area contributed by atoms with E-state index in [1.807, 2.05) is 0 Å². The van der Waals surface area contributed by atoms with Crippen molar-refractivity contribution in [3.8, 4) is 5.75 Å². The molecule has 0 radical (unpaired) electrons. The number of halogens is 3. The van der Waals surface area contributed by atoms with Gasteiger partial charge in [0, 0.05) is 12.3 Å². The van der Waals surface area contributed by atoms with Gasteiger partial charge in [0.1, 0.15) is 11.5 Å². The van der Waals surface area contributed by atoms with Crippen LogP contribution in [0.4, 0.5) is 13.2 Å². The first kappa shape index (κ1) is 15.2. The SMILES string of the molecule is CC(=O)CC(C)C(=O)c1ccccc1OC(F)(F)F. The van der Waals surface area contributed by atoms with Crippen molar-refractivity contribution >= 4 is 11.6 Å². The first-order chi connectivity index (χ1) is 8.70. The molecule has 1 aromatic rings. The van der Waals surface area contributed by atoms with E-state index < -0.39 is 23.8 Å². The van der Waals surface area contributed by atoms with Gasteiger partial charge in [-0.05, 0) is 19.1 Å². The minimum Gasteiger partial charge on any atom is -0.405 e. The monoisotopic (exact) mass is 274 g/mol. The van der Waals surface area contributed by atoms with Gasteiger partial charge in [0.15, 0.2) is 5.78 Å². The van der Waals surface area contributed by atoms with E-state index >= 15 is 0 Å². The molecule has 1 aromatic carbocycles. The van der Waals surface area contributed by atoms with Gasteiger partial charge in [0.25, 0.3) is 0 Å². The Labute approximate surface area is 108 Å². The highest BCUT2D eigenvalue weighted by Crippen LogP contribution is 2.28. The second kappa shape index (κ2) is 5.86. The van der Waals surface area contributed by atoms with Crippen LogP contribution in [0.5, 0.6) is 5.75 Å². The third-order valence-corrected chi connectivity index (χ3v) is 2.42. The molecule has 0 heterocycles. The molecular weight excluding hydrogens is 261 g/mol. The number of para-hydroxylation sites is 1. The summed E-state index contributed by atoms with van der Waals surface area (Å²) in [7, 11) is 0. The highest BCUT2D eigenvalue weighted by Gasteiger charge is 2.33.